The SMILES string of the molecule is CCOCCOC(=NCCCOC)NC(=O)c1ccc(C)cc1. The predicted octanol–water partition coefficient (Wildman–Crippen LogP) is 2.17. The van der Waals surface area contributed by atoms with Gasteiger partial charge in [0.15, 0.2) is 0 Å². The standard InChI is InChI=1S/C17H26N2O4/c1-4-22-12-13-23-17(18-10-5-11-21-3)19-16(20)15-8-6-14(2)7-9-15/h6-9H,4-5,10-13H2,1-3H3,(H,18,19,20). The maximum atomic E-state index is 12.2. The van der Waals surface area contributed by atoms with Gasteiger partial charge in [-0.2, -0.15) is 0 Å². The molecule has 1 rings (SSSR count). The van der Waals surface area contributed by atoms with E-state index in [0.29, 0.717) is 38.5 Å². The second-order valence-corrected chi connectivity index (χ2v) is 4.90. The molecule has 128 valence electrons. The summed E-state index contributed by atoms with van der Waals surface area (Å²) < 4.78 is 15.7. The fourth-order valence-electron chi connectivity index (χ4n) is 1.73. The van der Waals surface area contributed by atoms with E-state index in [1.165, 1.54) is 0 Å². The summed E-state index contributed by atoms with van der Waals surface area (Å²) in [5, 5.41) is 2.70. The predicted molar refractivity (Wildman–Crippen MR) is 89.9 cm³/mol. The highest BCUT2D eigenvalue weighted by Crippen LogP contribution is 2.03. The van der Waals surface area contributed by atoms with Crippen LogP contribution in [0.3, 0.4) is 0 Å². The van der Waals surface area contributed by atoms with Crippen molar-refractivity contribution in [2.24, 2.45) is 4.99 Å². The summed E-state index contributed by atoms with van der Waals surface area (Å²) in [6.07, 6.45) is 0.759. The van der Waals surface area contributed by atoms with Gasteiger partial charge in [-0.25, -0.2) is 4.99 Å². The van der Waals surface area contributed by atoms with Crippen molar-refractivity contribution in [1.29, 1.82) is 0 Å². The number of amides is 1. The van der Waals surface area contributed by atoms with Crippen molar-refractivity contribution in [3.05, 3.63) is 35.4 Å². The Labute approximate surface area is 137 Å². The summed E-state index contributed by atoms with van der Waals surface area (Å²) in [4.78, 5) is 16.5. The van der Waals surface area contributed by atoms with Gasteiger partial charge in [-0.15, -0.1) is 0 Å². The number of methoxy groups -OCH3 is 1. The number of amidine groups is 1. The first kappa shape index (κ1) is 19.1. The van der Waals surface area contributed by atoms with Crippen molar-refractivity contribution in [3.8, 4) is 0 Å². The Bertz CT molecular complexity index is 486. The van der Waals surface area contributed by atoms with Crippen LogP contribution in [0.15, 0.2) is 29.3 Å². The zero-order valence-corrected chi connectivity index (χ0v) is 14.1. The van der Waals surface area contributed by atoms with Gasteiger partial charge in [0.05, 0.1) is 6.61 Å². The number of aliphatic imine (C=N–C) groups is 1. The van der Waals surface area contributed by atoms with Crippen molar-refractivity contribution in [3.63, 3.8) is 0 Å². The van der Waals surface area contributed by atoms with Crippen LogP contribution in [-0.2, 0) is 14.2 Å². The molecule has 0 unspecified atom stereocenters. The maximum absolute atomic E-state index is 12.2. The zero-order chi connectivity index (χ0) is 16.9. The summed E-state index contributed by atoms with van der Waals surface area (Å²) in [6.45, 7) is 6.44. The Morgan fingerprint density at radius 2 is 1.91 bits per heavy atom. The molecule has 0 aliphatic carbocycles. The first-order valence-corrected chi connectivity index (χ1v) is 7.79. The number of nitrogens with one attached hydrogen (secondary N) is 1. The maximum Gasteiger partial charge on any atom is 0.291 e. The van der Waals surface area contributed by atoms with E-state index in [1.54, 1.807) is 19.2 Å². The smallest absolute Gasteiger partial charge is 0.291 e. The second kappa shape index (κ2) is 11.6. The van der Waals surface area contributed by atoms with Crippen molar-refractivity contribution < 1.29 is 19.0 Å². The molecule has 6 nitrogen and oxygen atoms in total. The van der Waals surface area contributed by atoms with Gasteiger partial charge in [0.1, 0.15) is 6.61 Å². The average Bonchev–Trinajstić information content (AvgIpc) is 2.55. The molecule has 6 heteroatoms. The van der Waals surface area contributed by atoms with Gasteiger partial charge < -0.3 is 14.2 Å². The van der Waals surface area contributed by atoms with E-state index in [-0.39, 0.29) is 11.9 Å². The number of benzene rings is 1. The highest BCUT2D eigenvalue weighted by molar-refractivity contribution is 6.04. The molecule has 0 atom stereocenters. The summed E-state index contributed by atoms with van der Waals surface area (Å²) in [7, 11) is 1.64. The van der Waals surface area contributed by atoms with Crippen LogP contribution in [-0.4, -0.2) is 52.0 Å². The third-order valence-electron chi connectivity index (χ3n) is 2.97. The Balaban J connectivity index is 2.58. The molecule has 0 radical (unpaired) electrons. The fraction of sp³-hybridized carbons (Fsp3) is 0.529. The third-order valence-corrected chi connectivity index (χ3v) is 2.97. The molecular formula is C17H26N2O4. The van der Waals surface area contributed by atoms with Crippen LogP contribution in [0.5, 0.6) is 0 Å². The topological polar surface area (TPSA) is 69.2 Å². The molecule has 1 N–H and O–H groups in total. The molecule has 1 aromatic rings. The number of aryl methyl sites for hydroxylation is 1. The Morgan fingerprint density at radius 1 is 1.17 bits per heavy atom. The van der Waals surface area contributed by atoms with Crippen molar-refractivity contribution >= 4 is 11.9 Å². The van der Waals surface area contributed by atoms with E-state index in [4.69, 9.17) is 14.2 Å². The fourth-order valence-corrected chi connectivity index (χ4v) is 1.73. The number of carbonyl (C=O) groups is 1. The molecule has 1 aromatic carbocycles. The van der Waals surface area contributed by atoms with Gasteiger partial charge in [0.2, 0.25) is 0 Å². The van der Waals surface area contributed by atoms with E-state index in [1.807, 2.05) is 26.0 Å². The number of ether oxygens (including phenoxy) is 3. The molecule has 23 heavy (non-hydrogen) atoms. The molecular weight excluding hydrogens is 296 g/mol. The summed E-state index contributed by atoms with van der Waals surface area (Å²) in [5.41, 5.74) is 1.66. The molecule has 0 aromatic heterocycles. The molecule has 1 amide bonds. The van der Waals surface area contributed by atoms with Gasteiger partial charge in [0, 0.05) is 32.4 Å². The van der Waals surface area contributed by atoms with Crippen LogP contribution in [0.25, 0.3) is 0 Å². The zero-order valence-electron chi connectivity index (χ0n) is 14.1. The van der Waals surface area contributed by atoms with Crippen molar-refractivity contribution in [2.75, 3.05) is 40.1 Å². The van der Waals surface area contributed by atoms with E-state index in [9.17, 15) is 4.79 Å². The molecule has 0 saturated carbocycles. The molecule has 0 fully saturated rings. The largest absolute Gasteiger partial charge is 0.463 e. The Kier molecular flexibility index (Phi) is 9.66. The lowest BCUT2D eigenvalue weighted by atomic mass is 10.1. The van der Waals surface area contributed by atoms with Crippen LogP contribution in [0.2, 0.25) is 0 Å². The average molecular weight is 322 g/mol. The summed E-state index contributed by atoms with van der Waals surface area (Å²) in [5.74, 6) is -0.244. The molecule has 0 heterocycles. The lowest BCUT2D eigenvalue weighted by molar-refractivity contribution is 0.0922. The normalized spacial score (nSPS) is 11.3. The van der Waals surface area contributed by atoms with Crippen LogP contribution in [0.4, 0.5) is 0 Å². The number of hydrogen-bond acceptors (Lipinski definition) is 5. The van der Waals surface area contributed by atoms with E-state index in [0.717, 1.165) is 12.0 Å². The summed E-state index contributed by atoms with van der Waals surface area (Å²) >= 11 is 0. The number of hydrogen-bond donors (Lipinski definition) is 1. The molecule has 0 aliphatic heterocycles. The lowest BCUT2D eigenvalue weighted by Gasteiger charge is -2.11. The Hall–Kier alpha value is -1.92. The first-order chi connectivity index (χ1) is 11.2. The van der Waals surface area contributed by atoms with Crippen molar-refractivity contribution in [2.45, 2.75) is 20.3 Å². The highest BCUT2D eigenvalue weighted by Gasteiger charge is 2.09. The number of carbonyl (C=O) groups excluding carboxylic acids is 1. The van der Waals surface area contributed by atoms with Gasteiger partial charge >= 0.3 is 0 Å². The summed E-state index contributed by atoms with van der Waals surface area (Å²) in [6, 6.07) is 7.54. The monoisotopic (exact) mass is 322 g/mol. The minimum Gasteiger partial charge on any atom is -0.463 e. The van der Waals surface area contributed by atoms with Crippen LogP contribution < -0.4 is 5.32 Å². The van der Waals surface area contributed by atoms with E-state index < -0.39 is 0 Å². The van der Waals surface area contributed by atoms with Crippen LogP contribution >= 0.6 is 0 Å². The second-order valence-electron chi connectivity index (χ2n) is 4.90. The van der Waals surface area contributed by atoms with Gasteiger partial charge in [-0.1, -0.05) is 17.7 Å². The molecule has 0 saturated heterocycles. The van der Waals surface area contributed by atoms with Gasteiger partial charge in [-0.3, -0.25) is 10.1 Å². The molecule has 0 aliphatic rings. The van der Waals surface area contributed by atoms with Crippen molar-refractivity contribution in [1.82, 2.24) is 5.32 Å². The van der Waals surface area contributed by atoms with Crippen LogP contribution in [0, 0.1) is 6.92 Å². The van der Waals surface area contributed by atoms with E-state index >= 15 is 0 Å². The Morgan fingerprint density at radius 3 is 2.57 bits per heavy atom. The van der Waals surface area contributed by atoms with Gasteiger partial charge in [-0.05, 0) is 32.4 Å². The number of rotatable bonds is 9. The first-order valence-electron chi connectivity index (χ1n) is 7.79. The van der Waals surface area contributed by atoms with Crippen LogP contribution in [0.1, 0.15) is 29.3 Å². The quantitative estimate of drug-likeness (QED) is 0.430. The van der Waals surface area contributed by atoms with E-state index in [2.05, 4.69) is 10.3 Å². The third kappa shape index (κ3) is 8.32. The van der Waals surface area contributed by atoms with Gasteiger partial charge in [0.25, 0.3) is 11.9 Å². The number of nitrogens with zero attached hydrogens (tertiary/aromatic N) is 1. The highest BCUT2D eigenvalue weighted by atomic mass is 16.5. The minimum absolute atomic E-state index is 0.214. The minimum atomic E-state index is -0.244. The molecule has 0 spiro atoms. The molecule has 0 bridgehead atoms. The lowest BCUT2D eigenvalue weighted by Crippen LogP contribution is -2.33.